The predicted octanol–water partition coefficient (Wildman–Crippen LogP) is 3.66. The Bertz CT molecular complexity index is 331. The van der Waals surface area contributed by atoms with E-state index in [1.807, 2.05) is 0 Å². The molecule has 5 heteroatoms. The van der Waals surface area contributed by atoms with Crippen LogP contribution in [0.3, 0.4) is 0 Å². The standard InChI is InChI=1S/C8H4BrCl2FO/c9-5-1-4(12)2-6(11)8(5)7(13)3-10/h1-2H,3H2. The molecule has 1 aromatic rings. The van der Waals surface area contributed by atoms with Gasteiger partial charge in [0.1, 0.15) is 5.82 Å². The molecule has 0 saturated heterocycles. The van der Waals surface area contributed by atoms with Gasteiger partial charge in [0.25, 0.3) is 0 Å². The molecule has 0 saturated carbocycles. The fourth-order valence-electron chi connectivity index (χ4n) is 0.875. The maximum absolute atomic E-state index is 12.7. The zero-order valence-electron chi connectivity index (χ0n) is 6.28. The highest BCUT2D eigenvalue weighted by atomic mass is 79.9. The minimum atomic E-state index is -0.497. The number of alkyl halides is 1. The molecule has 0 fully saturated rings. The summed E-state index contributed by atoms with van der Waals surface area (Å²) >= 11 is 14.0. The van der Waals surface area contributed by atoms with Gasteiger partial charge in [-0.05, 0) is 28.1 Å². The third kappa shape index (κ3) is 2.42. The van der Waals surface area contributed by atoms with Gasteiger partial charge in [0.15, 0.2) is 5.78 Å². The number of ketones is 1. The second kappa shape index (κ2) is 4.40. The van der Waals surface area contributed by atoms with Crippen molar-refractivity contribution in [2.75, 3.05) is 5.88 Å². The zero-order valence-corrected chi connectivity index (χ0v) is 9.38. The van der Waals surface area contributed by atoms with Gasteiger partial charge < -0.3 is 0 Å². The summed E-state index contributed by atoms with van der Waals surface area (Å²) in [6, 6.07) is 2.25. The summed E-state index contributed by atoms with van der Waals surface area (Å²) in [6.07, 6.45) is 0. The molecule has 1 aromatic carbocycles. The highest BCUT2D eigenvalue weighted by molar-refractivity contribution is 9.10. The van der Waals surface area contributed by atoms with E-state index in [0.29, 0.717) is 4.47 Å². The van der Waals surface area contributed by atoms with E-state index in [-0.39, 0.29) is 22.2 Å². The predicted molar refractivity (Wildman–Crippen MR) is 54.2 cm³/mol. The van der Waals surface area contributed by atoms with Crippen molar-refractivity contribution in [3.05, 3.63) is 33.0 Å². The summed E-state index contributed by atoms with van der Waals surface area (Å²) < 4.78 is 13.0. The van der Waals surface area contributed by atoms with E-state index in [4.69, 9.17) is 23.2 Å². The van der Waals surface area contributed by atoms with E-state index in [0.717, 1.165) is 6.07 Å². The van der Waals surface area contributed by atoms with Crippen molar-refractivity contribution >= 4 is 44.9 Å². The number of halogens is 4. The number of Topliss-reactive ketones (excluding diaryl/α,β-unsaturated/α-hetero) is 1. The van der Waals surface area contributed by atoms with E-state index >= 15 is 0 Å². The van der Waals surface area contributed by atoms with Crippen molar-refractivity contribution in [1.82, 2.24) is 0 Å². The largest absolute Gasteiger partial charge is 0.293 e. The van der Waals surface area contributed by atoms with Gasteiger partial charge in [-0.1, -0.05) is 11.6 Å². The first-order valence-corrected chi connectivity index (χ1v) is 5.00. The summed E-state index contributed by atoms with van der Waals surface area (Å²) in [5, 5.41) is 0.0672. The van der Waals surface area contributed by atoms with Crippen LogP contribution in [0.4, 0.5) is 4.39 Å². The minimum Gasteiger partial charge on any atom is -0.293 e. The number of benzene rings is 1. The van der Waals surface area contributed by atoms with Gasteiger partial charge in [-0.15, -0.1) is 11.6 Å². The molecule has 0 spiro atoms. The Hall–Kier alpha value is -0.120. The molecule has 0 aliphatic heterocycles. The Balaban J connectivity index is 3.28. The molecule has 0 aliphatic carbocycles. The van der Waals surface area contributed by atoms with Crippen LogP contribution in [-0.2, 0) is 0 Å². The number of hydrogen-bond acceptors (Lipinski definition) is 1. The lowest BCUT2D eigenvalue weighted by Gasteiger charge is -2.03. The van der Waals surface area contributed by atoms with Crippen LogP contribution < -0.4 is 0 Å². The minimum absolute atomic E-state index is 0.0672. The van der Waals surface area contributed by atoms with Crippen LogP contribution in [-0.4, -0.2) is 11.7 Å². The van der Waals surface area contributed by atoms with Crippen LogP contribution >= 0.6 is 39.1 Å². The lowest BCUT2D eigenvalue weighted by Crippen LogP contribution is -2.03. The third-order valence-electron chi connectivity index (χ3n) is 1.41. The summed E-state index contributed by atoms with van der Waals surface area (Å²) in [6.45, 7) is 0. The molecule has 13 heavy (non-hydrogen) atoms. The van der Waals surface area contributed by atoms with Crippen LogP contribution in [0.1, 0.15) is 10.4 Å². The van der Waals surface area contributed by atoms with Crippen LogP contribution in [0, 0.1) is 5.82 Å². The highest BCUT2D eigenvalue weighted by Gasteiger charge is 2.14. The van der Waals surface area contributed by atoms with Gasteiger partial charge in [0, 0.05) is 4.47 Å². The second-order valence-electron chi connectivity index (χ2n) is 2.30. The van der Waals surface area contributed by atoms with Crippen molar-refractivity contribution in [3.63, 3.8) is 0 Å². The molecule has 0 N–H and O–H groups in total. The SMILES string of the molecule is O=C(CCl)c1c(Cl)cc(F)cc1Br. The van der Waals surface area contributed by atoms with Gasteiger partial charge in [0.05, 0.1) is 16.5 Å². The van der Waals surface area contributed by atoms with Crippen LogP contribution in [0.2, 0.25) is 5.02 Å². The van der Waals surface area contributed by atoms with Crippen LogP contribution in [0.25, 0.3) is 0 Å². The Morgan fingerprint density at radius 2 is 2.15 bits per heavy atom. The molecule has 0 amide bonds. The van der Waals surface area contributed by atoms with Crippen LogP contribution in [0.5, 0.6) is 0 Å². The summed E-state index contributed by atoms with van der Waals surface area (Å²) in [7, 11) is 0. The molecule has 0 atom stereocenters. The van der Waals surface area contributed by atoms with Gasteiger partial charge in [0.2, 0.25) is 0 Å². The van der Waals surface area contributed by atoms with Crippen molar-refractivity contribution < 1.29 is 9.18 Å². The maximum Gasteiger partial charge on any atom is 0.180 e. The summed E-state index contributed by atoms with van der Waals surface area (Å²) in [5.74, 6) is -1.01. The van der Waals surface area contributed by atoms with E-state index in [1.165, 1.54) is 6.07 Å². The molecule has 0 bridgehead atoms. The first-order valence-electron chi connectivity index (χ1n) is 3.30. The Kier molecular flexibility index (Phi) is 3.71. The third-order valence-corrected chi connectivity index (χ3v) is 2.57. The number of rotatable bonds is 2. The van der Waals surface area contributed by atoms with Crippen molar-refractivity contribution in [1.29, 1.82) is 0 Å². The Labute approximate surface area is 93.0 Å². The molecule has 0 unspecified atom stereocenters. The molecule has 0 aliphatic rings. The molecule has 1 rings (SSSR count). The number of carbonyl (C=O) groups excluding carboxylic acids is 1. The fraction of sp³-hybridized carbons (Fsp3) is 0.125. The van der Waals surface area contributed by atoms with Gasteiger partial charge in [-0.2, -0.15) is 0 Å². The van der Waals surface area contributed by atoms with E-state index < -0.39 is 5.82 Å². The molecular formula is C8H4BrCl2FO. The van der Waals surface area contributed by atoms with E-state index in [1.54, 1.807) is 0 Å². The molecule has 1 nitrogen and oxygen atoms in total. The van der Waals surface area contributed by atoms with Gasteiger partial charge in [-0.3, -0.25) is 4.79 Å². The lowest BCUT2D eigenvalue weighted by atomic mass is 10.1. The second-order valence-corrected chi connectivity index (χ2v) is 3.83. The average molecular weight is 286 g/mol. The average Bonchev–Trinajstić information content (AvgIpc) is 2.02. The first kappa shape index (κ1) is 11.0. The quantitative estimate of drug-likeness (QED) is 0.599. The van der Waals surface area contributed by atoms with Crippen molar-refractivity contribution in [3.8, 4) is 0 Å². The zero-order chi connectivity index (χ0) is 10.0. The Morgan fingerprint density at radius 3 is 2.62 bits per heavy atom. The molecular weight excluding hydrogens is 282 g/mol. The van der Waals surface area contributed by atoms with Crippen molar-refractivity contribution in [2.24, 2.45) is 0 Å². The number of carbonyl (C=O) groups is 1. The topological polar surface area (TPSA) is 17.1 Å². The number of hydrogen-bond donors (Lipinski definition) is 0. The van der Waals surface area contributed by atoms with Crippen molar-refractivity contribution in [2.45, 2.75) is 0 Å². The first-order chi connectivity index (χ1) is 6.06. The Morgan fingerprint density at radius 1 is 1.54 bits per heavy atom. The monoisotopic (exact) mass is 284 g/mol. The molecule has 0 heterocycles. The lowest BCUT2D eigenvalue weighted by molar-refractivity contribution is 0.102. The van der Waals surface area contributed by atoms with Gasteiger partial charge in [-0.25, -0.2) is 4.39 Å². The van der Waals surface area contributed by atoms with Crippen LogP contribution in [0.15, 0.2) is 16.6 Å². The molecule has 0 aromatic heterocycles. The highest BCUT2D eigenvalue weighted by Crippen LogP contribution is 2.27. The summed E-state index contributed by atoms with van der Waals surface area (Å²) in [5.41, 5.74) is 0.220. The summed E-state index contributed by atoms with van der Waals surface area (Å²) in [4.78, 5) is 11.2. The molecule has 70 valence electrons. The van der Waals surface area contributed by atoms with E-state index in [2.05, 4.69) is 15.9 Å². The maximum atomic E-state index is 12.7. The normalized spacial score (nSPS) is 10.2. The van der Waals surface area contributed by atoms with E-state index in [9.17, 15) is 9.18 Å². The molecule has 0 radical (unpaired) electrons. The smallest absolute Gasteiger partial charge is 0.180 e. The van der Waals surface area contributed by atoms with Gasteiger partial charge >= 0.3 is 0 Å². The fourth-order valence-corrected chi connectivity index (χ4v) is 2.09.